The van der Waals surface area contributed by atoms with Crippen LogP contribution in [-0.4, -0.2) is 20.1 Å². The Morgan fingerprint density at radius 3 is 1.79 bits per heavy atom. The Morgan fingerprint density at radius 1 is 1.11 bits per heavy atom. The minimum atomic E-state index is -1.28. The van der Waals surface area contributed by atoms with Gasteiger partial charge < -0.3 is 0 Å². The minimum Gasteiger partial charge on any atom is -0.267 e. The van der Waals surface area contributed by atoms with Crippen LogP contribution in [0.4, 0.5) is 0 Å². The Kier molecular flexibility index (Phi) is 9.15. The van der Waals surface area contributed by atoms with Crippen molar-refractivity contribution in [1.29, 1.82) is 0 Å². The second-order valence-electron chi connectivity index (χ2n) is 6.11. The number of halogens is 1. The Morgan fingerprint density at radius 2 is 1.53 bits per heavy atom. The van der Waals surface area contributed by atoms with Gasteiger partial charge in [0.05, 0.1) is 7.74 Å². The van der Waals surface area contributed by atoms with Gasteiger partial charge in [-0.3, -0.25) is 6.08 Å². The van der Waals surface area contributed by atoms with Gasteiger partial charge in [0.2, 0.25) is 0 Å². The van der Waals surface area contributed by atoms with Gasteiger partial charge in [-0.15, -0.1) is 26.8 Å². The number of hydrogen-bond donors (Lipinski definition) is 0. The molecule has 0 atom stereocenters. The smallest absolute Gasteiger partial charge is 0.0704 e. The quantitative estimate of drug-likeness (QED) is 0.341. The van der Waals surface area contributed by atoms with Gasteiger partial charge in [-0.1, -0.05) is 53.1 Å². The first-order valence-corrected chi connectivity index (χ1v) is 12.3. The van der Waals surface area contributed by atoms with Crippen LogP contribution in [0.2, 0.25) is 13.1 Å². The van der Waals surface area contributed by atoms with E-state index in [1.54, 1.807) is 10.8 Å². The second kappa shape index (κ2) is 7.82. The summed E-state index contributed by atoms with van der Waals surface area (Å²) >= 11 is 0. The van der Waals surface area contributed by atoms with E-state index in [4.69, 9.17) is 0 Å². The summed E-state index contributed by atoms with van der Waals surface area (Å²) in [4.78, 5) is 0. The Bertz CT molecular complexity index is 368. The van der Waals surface area contributed by atoms with Crippen molar-refractivity contribution in [2.75, 3.05) is 12.3 Å². The van der Waals surface area contributed by atoms with Crippen molar-refractivity contribution < 1.29 is 17.4 Å². The SMILES string of the molecule is CCP(CC)[Si](C)(C)C1=[C-]C(C)(C)C(C)=C1C.Cl.[Cr]. The van der Waals surface area contributed by atoms with Crippen LogP contribution < -0.4 is 0 Å². The minimum absolute atomic E-state index is 0. The molecule has 0 radical (unpaired) electrons. The summed E-state index contributed by atoms with van der Waals surface area (Å²) in [5.41, 5.74) is 3.27. The van der Waals surface area contributed by atoms with E-state index in [1.807, 2.05) is 0 Å². The van der Waals surface area contributed by atoms with Crippen molar-refractivity contribution in [3.8, 4) is 0 Å². The molecule has 19 heavy (non-hydrogen) atoms. The Labute approximate surface area is 139 Å². The topological polar surface area (TPSA) is 0 Å². The molecule has 0 aromatic heterocycles. The molecule has 4 heteroatoms. The van der Waals surface area contributed by atoms with Crippen molar-refractivity contribution in [3.63, 3.8) is 0 Å². The number of hydrogen-bond acceptors (Lipinski definition) is 0. The van der Waals surface area contributed by atoms with E-state index in [0.717, 1.165) is 0 Å². The van der Waals surface area contributed by atoms with Crippen molar-refractivity contribution in [2.45, 2.75) is 54.6 Å². The van der Waals surface area contributed by atoms with Crippen LogP contribution in [0.3, 0.4) is 0 Å². The van der Waals surface area contributed by atoms with Gasteiger partial charge in [0.1, 0.15) is 0 Å². The molecule has 0 aromatic rings. The van der Waals surface area contributed by atoms with Gasteiger partial charge in [0, 0.05) is 17.4 Å². The third-order valence-corrected chi connectivity index (χ3v) is 16.6. The van der Waals surface area contributed by atoms with E-state index in [0.29, 0.717) is 0 Å². The van der Waals surface area contributed by atoms with Gasteiger partial charge in [-0.25, -0.2) is 10.8 Å². The summed E-state index contributed by atoms with van der Waals surface area (Å²) in [6.07, 6.45) is 6.60. The first-order valence-electron chi connectivity index (χ1n) is 6.77. The number of rotatable bonds is 4. The standard InChI is InChI=1S/C15H28PSi.ClH.Cr/c1-9-16(10-2)17(7,8)14-11-15(5,6)13(4)12(14)3;;/h9-10H2,1-8H3;1H;/q-1;;. The summed E-state index contributed by atoms with van der Waals surface area (Å²) in [6.45, 7) is 19.1. The Balaban J connectivity index is 0. The van der Waals surface area contributed by atoms with Crippen molar-refractivity contribution in [1.82, 2.24) is 0 Å². The maximum absolute atomic E-state index is 3.84. The average molecular weight is 356 g/mol. The Hall–Kier alpha value is 0.949. The van der Waals surface area contributed by atoms with E-state index in [2.05, 4.69) is 60.7 Å². The van der Waals surface area contributed by atoms with Crippen LogP contribution in [0.15, 0.2) is 16.3 Å². The summed E-state index contributed by atoms with van der Waals surface area (Å²) < 4.78 is 0. The van der Waals surface area contributed by atoms with E-state index < -0.39 is 7.74 Å². The number of allylic oxidation sites excluding steroid dienone is 4. The van der Waals surface area contributed by atoms with E-state index in [9.17, 15) is 0 Å². The van der Waals surface area contributed by atoms with Gasteiger partial charge >= 0.3 is 0 Å². The van der Waals surface area contributed by atoms with Crippen molar-refractivity contribution >= 4 is 27.6 Å². The molecule has 0 unspecified atom stereocenters. The largest absolute Gasteiger partial charge is 0.267 e. The van der Waals surface area contributed by atoms with E-state index in [-0.39, 0.29) is 42.7 Å². The molecule has 1 aliphatic carbocycles. The zero-order valence-corrected chi connectivity index (χ0v) is 17.7. The fourth-order valence-electron chi connectivity index (χ4n) is 2.94. The predicted molar refractivity (Wildman–Crippen MR) is 91.6 cm³/mol. The van der Waals surface area contributed by atoms with Crippen LogP contribution in [0.25, 0.3) is 0 Å². The summed E-state index contributed by atoms with van der Waals surface area (Å²) in [6, 6.07) is 0. The zero-order valence-electron chi connectivity index (χ0n) is 13.7. The third-order valence-electron chi connectivity index (χ3n) is 4.48. The summed E-state index contributed by atoms with van der Waals surface area (Å²) in [5.74, 6) is 0. The molecule has 0 nitrogen and oxygen atoms in total. The van der Waals surface area contributed by atoms with Crippen LogP contribution in [0.1, 0.15) is 41.5 Å². The summed E-state index contributed by atoms with van der Waals surface area (Å²) in [7, 11) is -1.07. The maximum Gasteiger partial charge on any atom is 0.0704 e. The van der Waals surface area contributed by atoms with Crippen molar-refractivity contribution in [3.05, 3.63) is 22.4 Å². The monoisotopic (exact) mass is 355 g/mol. The summed E-state index contributed by atoms with van der Waals surface area (Å²) in [5, 5.41) is 1.63. The van der Waals surface area contributed by atoms with Gasteiger partial charge in [0.15, 0.2) is 0 Å². The van der Waals surface area contributed by atoms with Crippen LogP contribution >= 0.6 is 19.9 Å². The molecule has 0 saturated heterocycles. The zero-order chi connectivity index (χ0) is 13.4. The first-order chi connectivity index (χ1) is 7.68. The molecular weight excluding hydrogens is 327 g/mol. The predicted octanol–water partition coefficient (Wildman–Crippen LogP) is 5.78. The normalized spacial score (nSPS) is 18.1. The molecule has 112 valence electrons. The fraction of sp³-hybridized carbons (Fsp3) is 0.733. The second-order valence-corrected chi connectivity index (χ2v) is 17.3. The fourth-order valence-corrected chi connectivity index (χ4v) is 13.4. The van der Waals surface area contributed by atoms with E-state index in [1.165, 1.54) is 17.9 Å². The van der Waals surface area contributed by atoms with Gasteiger partial charge in [-0.2, -0.15) is 5.57 Å². The molecule has 0 fully saturated rings. The molecule has 0 amide bonds. The average Bonchev–Trinajstić information content (AvgIpc) is 2.44. The van der Waals surface area contributed by atoms with E-state index >= 15 is 0 Å². The molecule has 0 bridgehead atoms. The van der Waals surface area contributed by atoms with Crippen LogP contribution in [-0.2, 0) is 17.4 Å². The molecule has 0 heterocycles. The van der Waals surface area contributed by atoms with Crippen LogP contribution in [0, 0.1) is 11.5 Å². The van der Waals surface area contributed by atoms with Gasteiger partial charge in [0.25, 0.3) is 0 Å². The molecule has 0 aromatic carbocycles. The van der Waals surface area contributed by atoms with Gasteiger partial charge in [-0.05, 0) is 12.3 Å². The molecule has 1 rings (SSSR count). The maximum atomic E-state index is 3.84. The first kappa shape index (κ1) is 22.2. The molecule has 1 aliphatic rings. The molecule has 0 spiro atoms. The molecular formula is C15H29ClCrPSi-. The van der Waals surface area contributed by atoms with Crippen molar-refractivity contribution in [2.24, 2.45) is 5.41 Å². The molecule has 0 N–H and O–H groups in total. The van der Waals surface area contributed by atoms with Crippen LogP contribution in [0.5, 0.6) is 0 Å². The third kappa shape index (κ3) is 4.21. The molecule has 0 aliphatic heterocycles. The molecule has 0 saturated carbocycles.